The van der Waals surface area contributed by atoms with Crippen LogP contribution in [0.4, 0.5) is 0 Å². The van der Waals surface area contributed by atoms with Gasteiger partial charge in [-0.15, -0.1) is 0 Å². The van der Waals surface area contributed by atoms with Crippen molar-refractivity contribution in [3.05, 3.63) is 0 Å². The van der Waals surface area contributed by atoms with E-state index in [9.17, 15) is 14.4 Å². The summed E-state index contributed by atoms with van der Waals surface area (Å²) in [5.41, 5.74) is 11.5. The highest BCUT2D eigenvalue weighted by Crippen LogP contribution is 2.21. The summed E-state index contributed by atoms with van der Waals surface area (Å²) in [7, 11) is 0. The van der Waals surface area contributed by atoms with E-state index >= 15 is 0 Å². The summed E-state index contributed by atoms with van der Waals surface area (Å²) in [5, 5.41) is 3.06. The van der Waals surface area contributed by atoms with Crippen molar-refractivity contribution in [3.63, 3.8) is 0 Å². The van der Waals surface area contributed by atoms with E-state index in [1.165, 1.54) is 64.2 Å². The molecule has 0 saturated carbocycles. The van der Waals surface area contributed by atoms with Crippen molar-refractivity contribution in [2.45, 2.75) is 193 Å². The van der Waals surface area contributed by atoms with Gasteiger partial charge in [-0.2, -0.15) is 0 Å². The zero-order valence-electron chi connectivity index (χ0n) is 27.8. The van der Waals surface area contributed by atoms with Gasteiger partial charge < -0.3 is 26.3 Å². The highest BCUT2D eigenvalue weighted by molar-refractivity contribution is 5.76. The molecule has 0 aliphatic rings. The summed E-state index contributed by atoms with van der Waals surface area (Å²) in [6.07, 6.45) is 22.2. The lowest BCUT2D eigenvalue weighted by atomic mass is 9.99. The fourth-order valence-corrected chi connectivity index (χ4v) is 5.02. The molecule has 4 atom stereocenters. The lowest BCUT2D eigenvalue weighted by molar-refractivity contribution is -0.170. The SMILES string of the molecule is CCCCCCCCCCNC(=O)CCCCCCCC(OC(=O)[C@H](C)N)C(CCCCCCCC)OC(=O)[C@@H](C)N. The zero-order chi connectivity index (χ0) is 31.4. The predicted molar refractivity (Wildman–Crippen MR) is 173 cm³/mol. The summed E-state index contributed by atoms with van der Waals surface area (Å²) < 4.78 is 11.5. The van der Waals surface area contributed by atoms with Crippen LogP contribution in [0, 0.1) is 0 Å². The minimum Gasteiger partial charge on any atom is -0.457 e. The fourth-order valence-electron chi connectivity index (χ4n) is 5.02. The summed E-state index contributed by atoms with van der Waals surface area (Å²) >= 11 is 0. The quantitative estimate of drug-likeness (QED) is 0.0611. The number of ether oxygens (including phenoxy) is 2. The van der Waals surface area contributed by atoms with Crippen molar-refractivity contribution < 1.29 is 23.9 Å². The van der Waals surface area contributed by atoms with Crippen LogP contribution in [0.2, 0.25) is 0 Å². The lowest BCUT2D eigenvalue weighted by Gasteiger charge is -2.28. The number of esters is 2. The molecule has 2 unspecified atom stereocenters. The van der Waals surface area contributed by atoms with Crippen LogP contribution in [0.3, 0.4) is 0 Å². The number of hydrogen-bond donors (Lipinski definition) is 3. The number of nitrogens with one attached hydrogen (secondary N) is 1. The van der Waals surface area contributed by atoms with Crippen LogP contribution in [-0.2, 0) is 23.9 Å². The maximum absolute atomic E-state index is 12.4. The van der Waals surface area contributed by atoms with Crippen LogP contribution in [0.15, 0.2) is 0 Å². The van der Waals surface area contributed by atoms with Gasteiger partial charge in [0.1, 0.15) is 24.3 Å². The average Bonchev–Trinajstić information content (AvgIpc) is 2.95. The Hall–Kier alpha value is -1.67. The number of carbonyl (C=O) groups is 3. The zero-order valence-corrected chi connectivity index (χ0v) is 27.8. The van der Waals surface area contributed by atoms with Crippen LogP contribution in [0.1, 0.15) is 169 Å². The van der Waals surface area contributed by atoms with Crippen molar-refractivity contribution >= 4 is 17.8 Å². The van der Waals surface area contributed by atoms with E-state index < -0.39 is 36.2 Å². The monoisotopic (exact) mass is 598 g/mol. The number of hydrogen-bond acceptors (Lipinski definition) is 7. The van der Waals surface area contributed by atoms with Crippen molar-refractivity contribution in [2.75, 3.05) is 6.54 Å². The van der Waals surface area contributed by atoms with Crippen LogP contribution >= 0.6 is 0 Å². The molecule has 0 saturated heterocycles. The molecular formula is C34H67N3O5. The summed E-state index contributed by atoms with van der Waals surface area (Å²) in [6, 6.07) is -1.48. The first-order chi connectivity index (χ1) is 20.2. The molecule has 8 heteroatoms. The van der Waals surface area contributed by atoms with Gasteiger partial charge in [0.15, 0.2) is 0 Å². The first-order valence-corrected chi connectivity index (χ1v) is 17.4. The number of carbonyl (C=O) groups excluding carboxylic acids is 3. The second kappa shape index (κ2) is 28.1. The molecule has 5 N–H and O–H groups in total. The largest absolute Gasteiger partial charge is 0.457 e. The Balaban J connectivity index is 4.45. The van der Waals surface area contributed by atoms with E-state index in [0.717, 1.165) is 64.3 Å². The molecule has 0 fully saturated rings. The van der Waals surface area contributed by atoms with Crippen molar-refractivity contribution in [2.24, 2.45) is 11.5 Å². The third-order valence-corrected chi connectivity index (χ3v) is 7.78. The van der Waals surface area contributed by atoms with Crippen LogP contribution in [0.5, 0.6) is 0 Å². The molecule has 1 amide bonds. The normalized spacial score (nSPS) is 14.1. The first-order valence-electron chi connectivity index (χ1n) is 17.4. The Labute approximate surface area is 258 Å². The molecule has 0 aromatic carbocycles. The van der Waals surface area contributed by atoms with Gasteiger partial charge in [-0.05, 0) is 52.4 Å². The minimum atomic E-state index is -0.743. The van der Waals surface area contributed by atoms with Crippen molar-refractivity contribution in [3.8, 4) is 0 Å². The van der Waals surface area contributed by atoms with Crippen LogP contribution in [-0.4, -0.2) is 48.7 Å². The van der Waals surface area contributed by atoms with Gasteiger partial charge in [-0.25, -0.2) is 0 Å². The molecule has 42 heavy (non-hydrogen) atoms. The number of nitrogens with two attached hydrogens (primary N) is 2. The molecule has 0 spiro atoms. The average molecular weight is 598 g/mol. The minimum absolute atomic E-state index is 0.148. The van der Waals surface area contributed by atoms with Crippen molar-refractivity contribution in [1.82, 2.24) is 5.32 Å². The molecule has 0 aliphatic carbocycles. The van der Waals surface area contributed by atoms with E-state index in [0.29, 0.717) is 19.3 Å². The number of rotatable bonds is 29. The second-order valence-corrected chi connectivity index (χ2v) is 12.2. The van der Waals surface area contributed by atoms with Gasteiger partial charge in [0, 0.05) is 13.0 Å². The van der Waals surface area contributed by atoms with Crippen LogP contribution < -0.4 is 16.8 Å². The molecule has 0 heterocycles. The van der Waals surface area contributed by atoms with E-state index in [1.807, 2.05) is 0 Å². The maximum Gasteiger partial charge on any atom is 0.323 e. The molecular weight excluding hydrogens is 530 g/mol. The van der Waals surface area contributed by atoms with E-state index in [4.69, 9.17) is 20.9 Å². The smallest absolute Gasteiger partial charge is 0.323 e. The topological polar surface area (TPSA) is 134 Å². The Bertz CT molecular complexity index is 672. The van der Waals surface area contributed by atoms with E-state index in [2.05, 4.69) is 19.2 Å². The van der Waals surface area contributed by atoms with E-state index in [1.54, 1.807) is 13.8 Å². The third-order valence-electron chi connectivity index (χ3n) is 7.78. The molecule has 0 aromatic heterocycles. The predicted octanol–water partition coefficient (Wildman–Crippen LogP) is 7.24. The standard InChI is InChI=1S/C34H67N3O5/c1-5-7-9-11-13-14-19-23-27-37-32(38)26-22-18-15-17-21-25-31(42-34(40)29(4)36)30(41-33(39)28(3)35)24-20-16-12-10-8-6-2/h28-31H,5-27,35-36H2,1-4H3,(H,37,38)/t28-,29+,30?,31?/m1/s1. The molecule has 8 nitrogen and oxygen atoms in total. The molecule has 248 valence electrons. The summed E-state index contributed by atoms with van der Waals surface area (Å²) in [5.74, 6) is -0.814. The van der Waals surface area contributed by atoms with Crippen LogP contribution in [0.25, 0.3) is 0 Å². The molecule has 0 aliphatic heterocycles. The van der Waals surface area contributed by atoms with Gasteiger partial charge in [0.25, 0.3) is 0 Å². The van der Waals surface area contributed by atoms with Gasteiger partial charge in [-0.3, -0.25) is 14.4 Å². The highest BCUT2D eigenvalue weighted by atomic mass is 16.6. The summed E-state index contributed by atoms with van der Waals surface area (Å²) in [4.78, 5) is 36.9. The van der Waals surface area contributed by atoms with Gasteiger partial charge in [-0.1, -0.05) is 110 Å². The first kappa shape index (κ1) is 40.3. The van der Waals surface area contributed by atoms with Gasteiger partial charge >= 0.3 is 11.9 Å². The lowest BCUT2D eigenvalue weighted by Crippen LogP contribution is -2.42. The Morgan fingerprint density at radius 1 is 0.548 bits per heavy atom. The van der Waals surface area contributed by atoms with Gasteiger partial charge in [0.2, 0.25) is 5.91 Å². The summed E-state index contributed by atoms with van der Waals surface area (Å²) in [6.45, 7) is 8.41. The molecule has 0 radical (unpaired) electrons. The molecule has 0 rings (SSSR count). The number of unbranched alkanes of at least 4 members (excludes halogenated alkanes) is 16. The number of amides is 1. The van der Waals surface area contributed by atoms with Gasteiger partial charge in [0.05, 0.1) is 0 Å². The highest BCUT2D eigenvalue weighted by Gasteiger charge is 2.30. The van der Waals surface area contributed by atoms with Crippen molar-refractivity contribution in [1.29, 1.82) is 0 Å². The molecule has 0 bridgehead atoms. The molecule has 0 aromatic rings. The maximum atomic E-state index is 12.4. The second-order valence-electron chi connectivity index (χ2n) is 12.2. The Morgan fingerprint density at radius 3 is 1.31 bits per heavy atom. The Morgan fingerprint density at radius 2 is 0.905 bits per heavy atom. The van der Waals surface area contributed by atoms with E-state index in [-0.39, 0.29) is 5.91 Å². The Kier molecular flexibility index (Phi) is 27.0. The fraction of sp³-hybridized carbons (Fsp3) is 0.912. The third kappa shape index (κ3) is 23.8.